The number of aromatic nitrogens is 2. The van der Waals surface area contributed by atoms with Crippen molar-refractivity contribution in [3.63, 3.8) is 0 Å². The minimum Gasteiger partial charge on any atom is -0.474 e. The second-order valence-electron chi connectivity index (χ2n) is 6.11. The second-order valence-corrected chi connectivity index (χ2v) is 6.11. The van der Waals surface area contributed by atoms with Crippen molar-refractivity contribution in [1.29, 1.82) is 0 Å². The number of carbonyl (C=O) groups excluding carboxylic acids is 1. The lowest BCUT2D eigenvalue weighted by molar-refractivity contribution is -0.132. The molecule has 1 aromatic heterocycles. The molecule has 2 aromatic rings. The highest BCUT2D eigenvalue weighted by atomic mass is 16.7. The van der Waals surface area contributed by atoms with Crippen LogP contribution >= 0.6 is 0 Å². The van der Waals surface area contributed by atoms with Gasteiger partial charge >= 0.3 is 0 Å². The summed E-state index contributed by atoms with van der Waals surface area (Å²) in [6.45, 7) is 1.63. The summed E-state index contributed by atoms with van der Waals surface area (Å²) in [6, 6.07) is 7.39. The molecule has 25 heavy (non-hydrogen) atoms. The third-order valence-corrected chi connectivity index (χ3v) is 4.43. The maximum Gasteiger partial charge on any atom is 0.231 e. The van der Waals surface area contributed by atoms with Crippen molar-refractivity contribution in [2.75, 3.05) is 19.9 Å². The minimum absolute atomic E-state index is 0.0875. The zero-order chi connectivity index (χ0) is 17.1. The predicted molar refractivity (Wildman–Crippen MR) is 88.5 cm³/mol. The zero-order valence-corrected chi connectivity index (χ0v) is 13.8. The van der Waals surface area contributed by atoms with Gasteiger partial charge in [-0.2, -0.15) is 0 Å². The van der Waals surface area contributed by atoms with Gasteiger partial charge in [0.2, 0.25) is 18.6 Å². The molecule has 2 aliphatic heterocycles. The third-order valence-electron chi connectivity index (χ3n) is 4.43. The van der Waals surface area contributed by atoms with Gasteiger partial charge in [-0.15, -0.1) is 0 Å². The minimum atomic E-state index is 0.0875. The molecule has 2 aliphatic rings. The number of amides is 1. The van der Waals surface area contributed by atoms with Gasteiger partial charge < -0.3 is 19.1 Å². The fraction of sp³-hybridized carbons (Fsp3) is 0.389. The molecule has 0 aliphatic carbocycles. The van der Waals surface area contributed by atoms with Crippen LogP contribution in [0.25, 0.3) is 0 Å². The molecule has 4 rings (SSSR count). The highest BCUT2D eigenvalue weighted by Gasteiger charge is 2.24. The third kappa shape index (κ3) is 3.65. The van der Waals surface area contributed by atoms with E-state index in [9.17, 15) is 4.79 Å². The first-order valence-electron chi connectivity index (χ1n) is 8.37. The largest absolute Gasteiger partial charge is 0.474 e. The van der Waals surface area contributed by atoms with Gasteiger partial charge in [-0.25, -0.2) is 9.97 Å². The van der Waals surface area contributed by atoms with E-state index in [4.69, 9.17) is 14.2 Å². The van der Waals surface area contributed by atoms with Gasteiger partial charge in [0.05, 0.1) is 6.42 Å². The lowest BCUT2D eigenvalue weighted by Crippen LogP contribution is -2.42. The molecule has 0 bridgehead atoms. The molecule has 0 unspecified atom stereocenters. The van der Waals surface area contributed by atoms with Crippen molar-refractivity contribution in [2.45, 2.75) is 25.4 Å². The molecule has 0 radical (unpaired) electrons. The number of carbonyl (C=O) groups is 1. The lowest BCUT2D eigenvalue weighted by Gasteiger charge is -2.32. The Bertz CT molecular complexity index is 745. The van der Waals surface area contributed by atoms with Crippen LogP contribution in [0.1, 0.15) is 18.4 Å². The van der Waals surface area contributed by atoms with E-state index in [1.807, 2.05) is 23.1 Å². The molecule has 130 valence electrons. The zero-order valence-electron chi connectivity index (χ0n) is 13.8. The standard InChI is InChI=1S/C18H19N3O4/c22-18(10-13-1-2-15-16(9-13)24-12-23-15)21-7-4-14(5-8-21)25-17-3-6-19-11-20-17/h1-3,6,9,11,14H,4-5,7-8,10,12H2. The Balaban J connectivity index is 1.29. The number of piperidine rings is 1. The molecule has 7 heteroatoms. The number of hydrogen-bond acceptors (Lipinski definition) is 6. The number of ether oxygens (including phenoxy) is 3. The number of fused-ring (bicyclic) bond motifs is 1. The Hall–Kier alpha value is -2.83. The van der Waals surface area contributed by atoms with Crippen LogP contribution in [-0.4, -0.2) is 46.8 Å². The van der Waals surface area contributed by atoms with Gasteiger partial charge in [-0.1, -0.05) is 6.07 Å². The van der Waals surface area contributed by atoms with Crippen molar-refractivity contribution in [2.24, 2.45) is 0 Å². The molecule has 0 N–H and O–H groups in total. The smallest absolute Gasteiger partial charge is 0.231 e. The molecular formula is C18H19N3O4. The molecule has 1 saturated heterocycles. The van der Waals surface area contributed by atoms with Crippen molar-refractivity contribution in [3.8, 4) is 17.4 Å². The Morgan fingerprint density at radius 3 is 2.84 bits per heavy atom. The van der Waals surface area contributed by atoms with Gasteiger partial charge in [0.15, 0.2) is 11.5 Å². The molecule has 1 amide bonds. The summed E-state index contributed by atoms with van der Waals surface area (Å²) in [6.07, 6.45) is 5.19. The highest BCUT2D eigenvalue weighted by Crippen LogP contribution is 2.32. The quantitative estimate of drug-likeness (QED) is 0.844. The Morgan fingerprint density at radius 2 is 2.04 bits per heavy atom. The van der Waals surface area contributed by atoms with Crippen LogP contribution in [0.15, 0.2) is 36.8 Å². The van der Waals surface area contributed by atoms with Crippen LogP contribution in [0.2, 0.25) is 0 Å². The van der Waals surface area contributed by atoms with Crippen molar-refractivity contribution >= 4 is 5.91 Å². The van der Waals surface area contributed by atoms with Crippen LogP contribution in [0.3, 0.4) is 0 Å². The van der Waals surface area contributed by atoms with Crippen molar-refractivity contribution in [3.05, 3.63) is 42.4 Å². The summed E-state index contributed by atoms with van der Waals surface area (Å²) in [5, 5.41) is 0. The predicted octanol–water partition coefficient (Wildman–Crippen LogP) is 1.82. The molecule has 1 fully saturated rings. The van der Waals surface area contributed by atoms with E-state index in [0.29, 0.717) is 31.1 Å². The maximum atomic E-state index is 12.5. The number of rotatable bonds is 4. The summed E-state index contributed by atoms with van der Waals surface area (Å²) in [4.78, 5) is 22.4. The number of benzene rings is 1. The Labute approximate surface area is 145 Å². The average Bonchev–Trinajstić information content (AvgIpc) is 3.11. The van der Waals surface area contributed by atoms with Gasteiger partial charge in [-0.3, -0.25) is 4.79 Å². The summed E-state index contributed by atoms with van der Waals surface area (Å²) in [5.74, 6) is 2.15. The van der Waals surface area contributed by atoms with Gasteiger partial charge in [0.25, 0.3) is 0 Å². The summed E-state index contributed by atoms with van der Waals surface area (Å²) >= 11 is 0. The lowest BCUT2D eigenvalue weighted by atomic mass is 10.1. The van der Waals surface area contributed by atoms with Gasteiger partial charge in [-0.05, 0) is 17.7 Å². The van der Waals surface area contributed by atoms with E-state index in [-0.39, 0.29) is 18.8 Å². The number of hydrogen-bond donors (Lipinski definition) is 0. The average molecular weight is 341 g/mol. The molecule has 3 heterocycles. The molecule has 0 atom stereocenters. The van der Waals surface area contributed by atoms with E-state index in [1.54, 1.807) is 12.3 Å². The van der Waals surface area contributed by atoms with E-state index >= 15 is 0 Å². The van der Waals surface area contributed by atoms with Crippen LogP contribution in [0, 0.1) is 0 Å². The first kappa shape index (κ1) is 15.7. The Kier molecular flexibility index (Phi) is 4.37. The number of likely N-dealkylation sites (tertiary alicyclic amines) is 1. The van der Waals surface area contributed by atoms with Gasteiger partial charge in [0, 0.05) is 38.2 Å². The highest BCUT2D eigenvalue weighted by molar-refractivity contribution is 5.79. The van der Waals surface area contributed by atoms with Crippen LogP contribution in [0.5, 0.6) is 17.4 Å². The summed E-state index contributed by atoms with van der Waals surface area (Å²) in [5.41, 5.74) is 0.939. The molecule has 7 nitrogen and oxygen atoms in total. The molecular weight excluding hydrogens is 322 g/mol. The summed E-state index contributed by atoms with van der Waals surface area (Å²) in [7, 11) is 0. The fourth-order valence-electron chi connectivity index (χ4n) is 3.08. The first-order valence-corrected chi connectivity index (χ1v) is 8.37. The molecule has 1 aromatic carbocycles. The van der Waals surface area contributed by atoms with Crippen LogP contribution in [-0.2, 0) is 11.2 Å². The fourth-order valence-corrected chi connectivity index (χ4v) is 3.08. The van der Waals surface area contributed by atoms with E-state index < -0.39 is 0 Å². The van der Waals surface area contributed by atoms with Gasteiger partial charge in [0.1, 0.15) is 12.4 Å². The number of nitrogens with zero attached hydrogens (tertiary/aromatic N) is 3. The van der Waals surface area contributed by atoms with E-state index in [1.165, 1.54) is 6.33 Å². The Morgan fingerprint density at radius 1 is 1.20 bits per heavy atom. The normalized spacial score (nSPS) is 16.7. The summed E-state index contributed by atoms with van der Waals surface area (Å²) < 4.78 is 16.5. The topological polar surface area (TPSA) is 73.8 Å². The molecule has 0 spiro atoms. The van der Waals surface area contributed by atoms with Crippen LogP contribution < -0.4 is 14.2 Å². The van der Waals surface area contributed by atoms with Crippen molar-refractivity contribution < 1.29 is 19.0 Å². The molecule has 0 saturated carbocycles. The second kappa shape index (κ2) is 6.96. The van der Waals surface area contributed by atoms with Crippen LogP contribution in [0.4, 0.5) is 0 Å². The van der Waals surface area contributed by atoms with E-state index in [0.717, 1.165) is 24.2 Å². The maximum absolute atomic E-state index is 12.5. The first-order chi connectivity index (χ1) is 12.3. The van der Waals surface area contributed by atoms with Crippen molar-refractivity contribution in [1.82, 2.24) is 14.9 Å². The monoisotopic (exact) mass is 341 g/mol. The van der Waals surface area contributed by atoms with E-state index in [2.05, 4.69) is 9.97 Å². The SMILES string of the molecule is O=C(Cc1ccc2c(c1)OCO2)N1CCC(Oc2ccncn2)CC1.